The smallest absolute Gasteiger partial charge is 0.262 e. The van der Waals surface area contributed by atoms with E-state index in [-0.39, 0.29) is 10.8 Å². The van der Waals surface area contributed by atoms with Gasteiger partial charge in [0.25, 0.3) is 15.9 Å². The number of carbonyl (C=O) groups excluding carboxylic acids is 1. The molecule has 2 N–H and O–H groups in total. The largest absolute Gasteiger partial charge is 0.352 e. The number of carbonyl (C=O) groups is 1. The molecule has 2 aromatic carbocycles. The van der Waals surface area contributed by atoms with Gasteiger partial charge in [0.1, 0.15) is 0 Å². The summed E-state index contributed by atoms with van der Waals surface area (Å²) in [6, 6.07) is 11.7. The predicted molar refractivity (Wildman–Crippen MR) is 100 cm³/mol. The molecular formula is C19H24N2O3S. The average molecular weight is 360 g/mol. The van der Waals surface area contributed by atoms with E-state index in [0.717, 1.165) is 18.4 Å². The molecule has 0 fully saturated rings. The number of benzene rings is 2. The van der Waals surface area contributed by atoms with Gasteiger partial charge in [-0.15, -0.1) is 0 Å². The molecule has 0 saturated carbocycles. The topological polar surface area (TPSA) is 75.3 Å². The maximum atomic E-state index is 12.6. The zero-order chi connectivity index (χ0) is 18.4. The third kappa shape index (κ3) is 5.06. The Balaban J connectivity index is 2.12. The van der Waals surface area contributed by atoms with E-state index < -0.39 is 10.0 Å². The Morgan fingerprint density at radius 3 is 2.36 bits per heavy atom. The molecule has 0 aliphatic heterocycles. The first-order chi connectivity index (χ1) is 11.8. The highest BCUT2D eigenvalue weighted by molar-refractivity contribution is 7.92. The van der Waals surface area contributed by atoms with Crippen molar-refractivity contribution in [1.82, 2.24) is 5.32 Å². The van der Waals surface area contributed by atoms with E-state index in [1.807, 2.05) is 13.0 Å². The number of nitrogens with one attached hydrogen (secondary N) is 2. The first-order valence-corrected chi connectivity index (χ1v) is 9.80. The van der Waals surface area contributed by atoms with Gasteiger partial charge in [-0.1, -0.05) is 25.5 Å². The van der Waals surface area contributed by atoms with Gasteiger partial charge in [0, 0.05) is 17.8 Å². The number of hydrogen-bond donors (Lipinski definition) is 2. The maximum Gasteiger partial charge on any atom is 0.262 e. The van der Waals surface area contributed by atoms with Crippen molar-refractivity contribution in [3.05, 3.63) is 59.2 Å². The molecule has 0 saturated heterocycles. The van der Waals surface area contributed by atoms with E-state index in [1.54, 1.807) is 43.3 Å². The van der Waals surface area contributed by atoms with Crippen LogP contribution in [0.1, 0.15) is 41.3 Å². The van der Waals surface area contributed by atoms with Gasteiger partial charge in [-0.3, -0.25) is 9.52 Å². The van der Waals surface area contributed by atoms with Crippen LogP contribution in [0.15, 0.2) is 47.4 Å². The molecule has 2 rings (SSSR count). The van der Waals surface area contributed by atoms with E-state index in [9.17, 15) is 13.2 Å². The summed E-state index contributed by atoms with van der Waals surface area (Å²) in [7, 11) is -3.67. The van der Waals surface area contributed by atoms with Crippen LogP contribution in [0, 0.1) is 13.8 Å². The molecule has 0 aliphatic carbocycles. The minimum atomic E-state index is -3.67. The van der Waals surface area contributed by atoms with Gasteiger partial charge in [0.05, 0.1) is 4.90 Å². The predicted octanol–water partition coefficient (Wildman–Crippen LogP) is 3.63. The molecule has 0 unspecified atom stereocenters. The van der Waals surface area contributed by atoms with Crippen LogP contribution in [-0.2, 0) is 10.0 Å². The van der Waals surface area contributed by atoms with Gasteiger partial charge >= 0.3 is 0 Å². The summed E-state index contributed by atoms with van der Waals surface area (Å²) in [5.74, 6) is -0.155. The van der Waals surface area contributed by atoms with Crippen molar-refractivity contribution in [2.24, 2.45) is 0 Å². The van der Waals surface area contributed by atoms with Crippen LogP contribution >= 0.6 is 0 Å². The normalized spacial score (nSPS) is 11.2. The lowest BCUT2D eigenvalue weighted by Crippen LogP contribution is -2.24. The SMILES string of the molecule is CCCCNC(=O)c1ccc(NS(=O)(=O)c2cc(C)ccc2C)cc1. The van der Waals surface area contributed by atoms with Crippen molar-refractivity contribution >= 4 is 21.6 Å². The Morgan fingerprint density at radius 1 is 1.04 bits per heavy atom. The highest BCUT2D eigenvalue weighted by Crippen LogP contribution is 2.21. The fourth-order valence-electron chi connectivity index (χ4n) is 2.38. The molecule has 0 aliphatic rings. The summed E-state index contributed by atoms with van der Waals surface area (Å²) in [6.45, 7) is 6.31. The second kappa shape index (κ2) is 8.16. The van der Waals surface area contributed by atoms with Crippen molar-refractivity contribution in [3.8, 4) is 0 Å². The van der Waals surface area contributed by atoms with Gasteiger partial charge in [-0.2, -0.15) is 0 Å². The summed E-state index contributed by atoms with van der Waals surface area (Å²) in [5.41, 5.74) is 2.49. The number of anilines is 1. The van der Waals surface area contributed by atoms with Crippen LogP contribution in [0.4, 0.5) is 5.69 Å². The Kier molecular flexibility index (Phi) is 6.20. The number of aryl methyl sites for hydroxylation is 2. The third-order valence-electron chi connectivity index (χ3n) is 3.85. The van der Waals surface area contributed by atoms with Crippen LogP contribution in [0.2, 0.25) is 0 Å². The van der Waals surface area contributed by atoms with Crippen LogP contribution in [0.25, 0.3) is 0 Å². The Bertz CT molecular complexity index is 843. The lowest BCUT2D eigenvalue weighted by atomic mass is 10.2. The maximum absolute atomic E-state index is 12.6. The molecular weight excluding hydrogens is 336 g/mol. The monoisotopic (exact) mass is 360 g/mol. The zero-order valence-corrected chi connectivity index (χ0v) is 15.6. The number of unbranched alkanes of at least 4 members (excludes halogenated alkanes) is 1. The van der Waals surface area contributed by atoms with Crippen LogP contribution < -0.4 is 10.0 Å². The van der Waals surface area contributed by atoms with Crippen molar-refractivity contribution < 1.29 is 13.2 Å². The second-order valence-corrected chi connectivity index (χ2v) is 7.71. The first-order valence-electron chi connectivity index (χ1n) is 8.32. The standard InChI is InChI=1S/C19H24N2O3S/c1-4-5-12-20-19(22)16-8-10-17(11-9-16)21-25(23,24)18-13-14(2)6-7-15(18)3/h6-11,13,21H,4-5,12H2,1-3H3,(H,20,22). The highest BCUT2D eigenvalue weighted by Gasteiger charge is 2.17. The summed E-state index contributed by atoms with van der Waals surface area (Å²) >= 11 is 0. The molecule has 0 heterocycles. The Labute approximate surface area is 149 Å². The number of rotatable bonds is 7. The summed E-state index contributed by atoms with van der Waals surface area (Å²) in [6.07, 6.45) is 1.94. The lowest BCUT2D eigenvalue weighted by Gasteiger charge is -2.11. The lowest BCUT2D eigenvalue weighted by molar-refractivity contribution is 0.0953. The minimum absolute atomic E-state index is 0.155. The molecule has 0 atom stereocenters. The highest BCUT2D eigenvalue weighted by atomic mass is 32.2. The molecule has 0 bridgehead atoms. The van der Waals surface area contributed by atoms with E-state index in [0.29, 0.717) is 23.4 Å². The molecule has 6 heteroatoms. The van der Waals surface area contributed by atoms with Gasteiger partial charge < -0.3 is 5.32 Å². The molecule has 1 amide bonds. The average Bonchev–Trinajstić information content (AvgIpc) is 2.57. The van der Waals surface area contributed by atoms with Crippen LogP contribution in [-0.4, -0.2) is 20.9 Å². The van der Waals surface area contributed by atoms with Crippen molar-refractivity contribution in [2.45, 2.75) is 38.5 Å². The molecule has 0 spiro atoms. The van der Waals surface area contributed by atoms with Gasteiger partial charge in [0.15, 0.2) is 0 Å². The summed E-state index contributed by atoms with van der Waals surface area (Å²) < 4.78 is 27.7. The third-order valence-corrected chi connectivity index (χ3v) is 5.37. The number of hydrogen-bond acceptors (Lipinski definition) is 3. The summed E-state index contributed by atoms with van der Waals surface area (Å²) in [5, 5.41) is 2.83. The second-order valence-electron chi connectivity index (χ2n) is 6.06. The quantitative estimate of drug-likeness (QED) is 0.740. The van der Waals surface area contributed by atoms with E-state index in [1.165, 1.54) is 0 Å². The molecule has 5 nitrogen and oxygen atoms in total. The van der Waals surface area contributed by atoms with E-state index >= 15 is 0 Å². The number of amides is 1. The van der Waals surface area contributed by atoms with E-state index in [4.69, 9.17) is 0 Å². The Hall–Kier alpha value is -2.34. The van der Waals surface area contributed by atoms with E-state index in [2.05, 4.69) is 17.0 Å². The first kappa shape index (κ1) is 19.0. The fourth-order valence-corrected chi connectivity index (χ4v) is 3.77. The zero-order valence-electron chi connectivity index (χ0n) is 14.8. The molecule has 25 heavy (non-hydrogen) atoms. The fraction of sp³-hybridized carbons (Fsp3) is 0.316. The molecule has 134 valence electrons. The Morgan fingerprint density at radius 2 is 1.72 bits per heavy atom. The van der Waals surface area contributed by atoms with Crippen molar-refractivity contribution in [1.29, 1.82) is 0 Å². The molecule has 0 radical (unpaired) electrons. The van der Waals surface area contributed by atoms with Gasteiger partial charge in [0.2, 0.25) is 0 Å². The van der Waals surface area contributed by atoms with Gasteiger partial charge in [-0.25, -0.2) is 8.42 Å². The van der Waals surface area contributed by atoms with Gasteiger partial charge in [-0.05, 0) is 61.7 Å². The molecule has 2 aromatic rings. The van der Waals surface area contributed by atoms with Crippen LogP contribution in [0.3, 0.4) is 0 Å². The van der Waals surface area contributed by atoms with Crippen molar-refractivity contribution in [3.63, 3.8) is 0 Å². The minimum Gasteiger partial charge on any atom is -0.352 e. The summed E-state index contributed by atoms with van der Waals surface area (Å²) in [4.78, 5) is 12.2. The van der Waals surface area contributed by atoms with Crippen molar-refractivity contribution in [2.75, 3.05) is 11.3 Å². The number of sulfonamides is 1. The van der Waals surface area contributed by atoms with Crippen LogP contribution in [0.5, 0.6) is 0 Å². The molecule has 0 aromatic heterocycles.